The van der Waals surface area contributed by atoms with Gasteiger partial charge in [0.15, 0.2) is 0 Å². The number of benzene rings is 1. The van der Waals surface area contributed by atoms with Gasteiger partial charge in [0, 0.05) is 7.11 Å². The van der Waals surface area contributed by atoms with Crippen molar-refractivity contribution in [3.63, 3.8) is 0 Å². The first-order valence-corrected chi connectivity index (χ1v) is 4.34. The summed E-state index contributed by atoms with van der Waals surface area (Å²) in [6.45, 7) is 0. The van der Waals surface area contributed by atoms with Crippen LogP contribution in [0.25, 0.3) is 0 Å². The fraction of sp³-hybridized carbons (Fsp3) is 0.333. The van der Waals surface area contributed by atoms with E-state index in [9.17, 15) is 0 Å². The van der Waals surface area contributed by atoms with Crippen LogP contribution in [-0.2, 0) is 4.74 Å². The fourth-order valence-electron chi connectivity index (χ4n) is 0.819. The highest BCUT2D eigenvalue weighted by Gasteiger charge is 2.06. The van der Waals surface area contributed by atoms with Gasteiger partial charge in [0.1, 0.15) is 11.5 Å². The third-order valence-corrected chi connectivity index (χ3v) is 1.75. The number of hydrogen-bond acceptors (Lipinski definition) is 3. The van der Waals surface area contributed by atoms with Crippen LogP contribution >= 0.6 is 11.6 Å². The standard InChI is InChI=1S/C9H11ClO3/c1-12-9(6-10)13-8-4-2-7(11)3-5-8/h2-5,9,11H,6H2,1H3. The molecule has 0 saturated heterocycles. The first kappa shape index (κ1) is 10.2. The zero-order valence-electron chi connectivity index (χ0n) is 7.24. The lowest BCUT2D eigenvalue weighted by atomic mass is 10.3. The summed E-state index contributed by atoms with van der Waals surface area (Å²) in [5.74, 6) is 1.08. The normalized spacial score (nSPS) is 12.5. The number of phenols is 1. The molecule has 0 saturated carbocycles. The van der Waals surface area contributed by atoms with Gasteiger partial charge in [0.05, 0.1) is 5.88 Å². The van der Waals surface area contributed by atoms with Gasteiger partial charge in [-0.1, -0.05) is 0 Å². The molecule has 0 bridgehead atoms. The molecule has 72 valence electrons. The fourth-order valence-corrected chi connectivity index (χ4v) is 1.01. The molecule has 0 aliphatic heterocycles. The van der Waals surface area contributed by atoms with Gasteiger partial charge in [-0.15, -0.1) is 11.6 Å². The lowest BCUT2D eigenvalue weighted by Gasteiger charge is -2.14. The summed E-state index contributed by atoms with van der Waals surface area (Å²) in [7, 11) is 1.52. The number of halogens is 1. The molecule has 0 aliphatic rings. The van der Waals surface area contributed by atoms with E-state index >= 15 is 0 Å². The molecule has 0 radical (unpaired) electrons. The highest BCUT2D eigenvalue weighted by atomic mass is 35.5. The lowest BCUT2D eigenvalue weighted by molar-refractivity contribution is -0.0355. The second-order valence-electron chi connectivity index (χ2n) is 2.43. The molecule has 3 nitrogen and oxygen atoms in total. The predicted octanol–water partition coefficient (Wildman–Crippen LogP) is 1.98. The Hall–Kier alpha value is -0.930. The topological polar surface area (TPSA) is 38.7 Å². The Balaban J connectivity index is 2.58. The van der Waals surface area contributed by atoms with Crippen LogP contribution in [0.5, 0.6) is 11.5 Å². The number of hydrogen-bond donors (Lipinski definition) is 1. The maximum Gasteiger partial charge on any atom is 0.213 e. The van der Waals surface area contributed by atoms with Crippen LogP contribution in [0.1, 0.15) is 0 Å². The highest BCUT2D eigenvalue weighted by Crippen LogP contribution is 2.17. The number of phenolic OH excluding ortho intramolecular Hbond substituents is 1. The SMILES string of the molecule is COC(CCl)Oc1ccc(O)cc1. The maximum atomic E-state index is 8.99. The summed E-state index contributed by atoms with van der Waals surface area (Å²) in [4.78, 5) is 0. The minimum Gasteiger partial charge on any atom is -0.508 e. The van der Waals surface area contributed by atoms with Gasteiger partial charge in [-0.05, 0) is 24.3 Å². The van der Waals surface area contributed by atoms with Crippen molar-refractivity contribution in [3.8, 4) is 11.5 Å². The summed E-state index contributed by atoms with van der Waals surface area (Å²) in [5.41, 5.74) is 0. The third-order valence-electron chi connectivity index (χ3n) is 1.49. The molecule has 1 N–H and O–H groups in total. The molecule has 4 heteroatoms. The average molecular weight is 203 g/mol. The molecule has 0 fully saturated rings. The molecule has 13 heavy (non-hydrogen) atoms. The van der Waals surface area contributed by atoms with E-state index in [-0.39, 0.29) is 11.6 Å². The van der Waals surface area contributed by atoms with E-state index in [1.165, 1.54) is 19.2 Å². The zero-order valence-corrected chi connectivity index (χ0v) is 7.99. The quantitative estimate of drug-likeness (QED) is 0.600. The molecule has 1 aromatic rings. The Morgan fingerprint density at radius 1 is 1.38 bits per heavy atom. The number of methoxy groups -OCH3 is 1. The predicted molar refractivity (Wildman–Crippen MR) is 50.3 cm³/mol. The Morgan fingerprint density at radius 2 is 2.00 bits per heavy atom. The molecule has 1 rings (SSSR count). The van der Waals surface area contributed by atoms with Crippen LogP contribution in [-0.4, -0.2) is 24.4 Å². The van der Waals surface area contributed by atoms with E-state index in [1.807, 2.05) is 0 Å². The van der Waals surface area contributed by atoms with E-state index in [1.54, 1.807) is 12.1 Å². The molecule has 0 amide bonds. The van der Waals surface area contributed by atoms with Crippen molar-refractivity contribution < 1.29 is 14.6 Å². The Kier molecular flexibility index (Phi) is 3.86. The summed E-state index contributed by atoms with van der Waals surface area (Å²) in [6.07, 6.45) is -0.453. The van der Waals surface area contributed by atoms with Crippen molar-refractivity contribution in [1.29, 1.82) is 0 Å². The molecule has 0 aliphatic carbocycles. The first-order valence-electron chi connectivity index (χ1n) is 3.80. The van der Waals surface area contributed by atoms with E-state index in [4.69, 9.17) is 26.2 Å². The van der Waals surface area contributed by atoms with Gasteiger partial charge in [-0.25, -0.2) is 0 Å². The van der Waals surface area contributed by atoms with Gasteiger partial charge in [-0.2, -0.15) is 0 Å². The van der Waals surface area contributed by atoms with Crippen LogP contribution in [0.3, 0.4) is 0 Å². The Morgan fingerprint density at radius 3 is 2.46 bits per heavy atom. The van der Waals surface area contributed by atoms with Crippen molar-refractivity contribution in [1.82, 2.24) is 0 Å². The largest absolute Gasteiger partial charge is 0.508 e. The molecule has 0 heterocycles. The van der Waals surface area contributed by atoms with Crippen LogP contribution in [0.2, 0.25) is 0 Å². The second-order valence-corrected chi connectivity index (χ2v) is 2.74. The third kappa shape index (κ3) is 3.13. The van der Waals surface area contributed by atoms with Gasteiger partial charge in [0.25, 0.3) is 0 Å². The number of alkyl halides is 1. The number of rotatable bonds is 4. The van der Waals surface area contributed by atoms with Crippen LogP contribution < -0.4 is 4.74 Å². The average Bonchev–Trinajstić information content (AvgIpc) is 2.17. The smallest absolute Gasteiger partial charge is 0.213 e. The monoisotopic (exact) mass is 202 g/mol. The van der Waals surface area contributed by atoms with E-state index in [2.05, 4.69) is 0 Å². The Bertz CT molecular complexity index is 244. The lowest BCUT2D eigenvalue weighted by Crippen LogP contribution is -2.20. The highest BCUT2D eigenvalue weighted by molar-refractivity contribution is 6.18. The summed E-state index contributed by atoms with van der Waals surface area (Å²) in [6, 6.07) is 6.37. The minimum atomic E-state index is -0.453. The molecule has 1 atom stereocenters. The van der Waals surface area contributed by atoms with E-state index in [0.717, 1.165) is 0 Å². The maximum absolute atomic E-state index is 8.99. The van der Waals surface area contributed by atoms with Gasteiger partial charge in [-0.3, -0.25) is 0 Å². The van der Waals surface area contributed by atoms with Crippen LogP contribution in [0.4, 0.5) is 0 Å². The van der Waals surface area contributed by atoms with Crippen molar-refractivity contribution >= 4 is 11.6 Å². The van der Waals surface area contributed by atoms with E-state index in [0.29, 0.717) is 5.75 Å². The van der Waals surface area contributed by atoms with Gasteiger partial charge >= 0.3 is 0 Å². The van der Waals surface area contributed by atoms with Gasteiger partial charge < -0.3 is 14.6 Å². The number of aromatic hydroxyl groups is 1. The van der Waals surface area contributed by atoms with Crippen molar-refractivity contribution in [2.45, 2.75) is 6.29 Å². The van der Waals surface area contributed by atoms with Crippen molar-refractivity contribution in [2.24, 2.45) is 0 Å². The molecular formula is C9H11ClO3. The van der Waals surface area contributed by atoms with Crippen molar-refractivity contribution in [3.05, 3.63) is 24.3 Å². The molecule has 1 aromatic carbocycles. The van der Waals surface area contributed by atoms with E-state index < -0.39 is 6.29 Å². The first-order chi connectivity index (χ1) is 6.26. The molecular weight excluding hydrogens is 192 g/mol. The second kappa shape index (κ2) is 4.94. The minimum absolute atomic E-state index is 0.201. The summed E-state index contributed by atoms with van der Waals surface area (Å²) < 4.78 is 10.2. The summed E-state index contributed by atoms with van der Waals surface area (Å²) in [5, 5.41) is 8.99. The van der Waals surface area contributed by atoms with Crippen LogP contribution in [0, 0.1) is 0 Å². The molecule has 0 aromatic heterocycles. The Labute approximate surface area is 81.9 Å². The molecule has 0 spiro atoms. The van der Waals surface area contributed by atoms with Crippen LogP contribution in [0.15, 0.2) is 24.3 Å². The summed E-state index contributed by atoms with van der Waals surface area (Å²) >= 11 is 5.55. The van der Waals surface area contributed by atoms with Gasteiger partial charge in [0.2, 0.25) is 6.29 Å². The zero-order chi connectivity index (χ0) is 9.68. The molecule has 1 unspecified atom stereocenters. The number of ether oxygens (including phenoxy) is 2. The van der Waals surface area contributed by atoms with Crippen molar-refractivity contribution in [2.75, 3.05) is 13.0 Å².